The minimum atomic E-state index is -0.195. The Bertz CT molecular complexity index is 1030. The van der Waals surface area contributed by atoms with Crippen molar-refractivity contribution in [3.05, 3.63) is 95.6 Å². The molecule has 1 aliphatic rings. The number of para-hydroxylation sites is 2. The van der Waals surface area contributed by atoms with E-state index in [1.807, 2.05) is 67.6 Å². The number of hydrogen-bond donors (Lipinski definition) is 3. The van der Waals surface area contributed by atoms with Gasteiger partial charge in [-0.1, -0.05) is 36.4 Å². The first-order valence-corrected chi connectivity index (χ1v) is 10.1. The van der Waals surface area contributed by atoms with E-state index < -0.39 is 0 Å². The Morgan fingerprint density at radius 1 is 0.900 bits per heavy atom. The van der Waals surface area contributed by atoms with Gasteiger partial charge >= 0.3 is 0 Å². The van der Waals surface area contributed by atoms with E-state index >= 15 is 0 Å². The van der Waals surface area contributed by atoms with Gasteiger partial charge in [-0.05, 0) is 55.0 Å². The normalized spacial score (nSPS) is 18.3. The smallest absolute Gasteiger partial charge is 0.125 e. The highest BCUT2D eigenvalue weighted by Gasteiger charge is 2.27. The van der Waals surface area contributed by atoms with Crippen molar-refractivity contribution in [1.82, 2.24) is 10.6 Å². The van der Waals surface area contributed by atoms with E-state index in [2.05, 4.69) is 22.8 Å². The van der Waals surface area contributed by atoms with Gasteiger partial charge in [-0.2, -0.15) is 0 Å². The highest BCUT2D eigenvalue weighted by atomic mass is 16.5. The molecule has 3 aromatic rings. The van der Waals surface area contributed by atoms with Gasteiger partial charge < -0.3 is 19.9 Å². The Morgan fingerprint density at radius 3 is 2.30 bits per heavy atom. The SMILES string of the molecule is CCOc1ccccc1C1NC(c2ccc(OC)cc2)=CC(c2ccccc2O)N1. The summed E-state index contributed by atoms with van der Waals surface area (Å²) in [4.78, 5) is 0. The van der Waals surface area contributed by atoms with Crippen LogP contribution >= 0.6 is 0 Å². The molecule has 0 saturated heterocycles. The summed E-state index contributed by atoms with van der Waals surface area (Å²) < 4.78 is 11.2. The molecule has 0 fully saturated rings. The van der Waals surface area contributed by atoms with Gasteiger partial charge in [-0.25, -0.2) is 0 Å². The number of nitrogens with one attached hydrogen (secondary N) is 2. The van der Waals surface area contributed by atoms with E-state index in [1.165, 1.54) is 0 Å². The van der Waals surface area contributed by atoms with Crippen molar-refractivity contribution < 1.29 is 14.6 Å². The quantitative estimate of drug-likeness (QED) is 0.554. The highest BCUT2D eigenvalue weighted by molar-refractivity contribution is 5.67. The van der Waals surface area contributed by atoms with Crippen LogP contribution in [0.4, 0.5) is 0 Å². The monoisotopic (exact) mass is 402 g/mol. The largest absolute Gasteiger partial charge is 0.508 e. The van der Waals surface area contributed by atoms with Crippen LogP contribution in [0.2, 0.25) is 0 Å². The van der Waals surface area contributed by atoms with Gasteiger partial charge in [0.25, 0.3) is 0 Å². The lowest BCUT2D eigenvalue weighted by Crippen LogP contribution is -2.39. The second kappa shape index (κ2) is 8.93. The van der Waals surface area contributed by atoms with Gasteiger partial charge in [-0.3, -0.25) is 5.32 Å². The van der Waals surface area contributed by atoms with Crippen LogP contribution in [0.5, 0.6) is 17.2 Å². The molecule has 0 amide bonds. The molecule has 0 radical (unpaired) electrons. The number of phenolic OH excluding ortho intramolecular Hbond substituents is 1. The van der Waals surface area contributed by atoms with Crippen molar-refractivity contribution in [3.8, 4) is 17.2 Å². The van der Waals surface area contributed by atoms with Crippen LogP contribution in [0, 0.1) is 0 Å². The van der Waals surface area contributed by atoms with Gasteiger partial charge in [0.1, 0.15) is 23.4 Å². The van der Waals surface area contributed by atoms with Gasteiger partial charge in [0.2, 0.25) is 0 Å². The molecule has 5 nitrogen and oxygen atoms in total. The lowest BCUT2D eigenvalue weighted by Gasteiger charge is -2.34. The summed E-state index contributed by atoms with van der Waals surface area (Å²) in [6.45, 7) is 2.57. The number of hydrogen-bond acceptors (Lipinski definition) is 5. The van der Waals surface area contributed by atoms with Crippen molar-refractivity contribution in [2.45, 2.75) is 19.1 Å². The molecule has 0 saturated carbocycles. The average Bonchev–Trinajstić information content (AvgIpc) is 2.80. The fourth-order valence-corrected chi connectivity index (χ4v) is 3.69. The summed E-state index contributed by atoms with van der Waals surface area (Å²) >= 11 is 0. The summed E-state index contributed by atoms with van der Waals surface area (Å²) in [6, 6.07) is 23.2. The first-order chi connectivity index (χ1) is 14.7. The van der Waals surface area contributed by atoms with Gasteiger partial charge in [0, 0.05) is 16.8 Å². The lowest BCUT2D eigenvalue weighted by atomic mass is 9.97. The first-order valence-electron chi connectivity index (χ1n) is 10.1. The van der Waals surface area contributed by atoms with Gasteiger partial charge in [0.15, 0.2) is 0 Å². The topological polar surface area (TPSA) is 62.8 Å². The number of benzene rings is 3. The van der Waals surface area contributed by atoms with Crippen LogP contribution in [0.15, 0.2) is 78.9 Å². The maximum absolute atomic E-state index is 10.5. The van der Waals surface area contributed by atoms with Crippen LogP contribution in [0.25, 0.3) is 5.70 Å². The third kappa shape index (κ3) is 4.11. The van der Waals surface area contributed by atoms with E-state index in [0.717, 1.165) is 33.9 Å². The third-order valence-electron chi connectivity index (χ3n) is 5.18. The Kier molecular flexibility index (Phi) is 5.91. The molecule has 1 heterocycles. The molecular weight excluding hydrogens is 376 g/mol. The zero-order valence-corrected chi connectivity index (χ0v) is 17.1. The highest BCUT2D eigenvalue weighted by Crippen LogP contribution is 2.35. The summed E-state index contributed by atoms with van der Waals surface area (Å²) in [5, 5.41) is 17.6. The average molecular weight is 402 g/mol. The summed E-state index contributed by atoms with van der Waals surface area (Å²) in [7, 11) is 1.66. The molecule has 2 unspecified atom stereocenters. The Morgan fingerprint density at radius 2 is 1.60 bits per heavy atom. The number of phenols is 1. The van der Waals surface area contributed by atoms with Crippen LogP contribution in [0.1, 0.15) is 35.8 Å². The van der Waals surface area contributed by atoms with Crippen LogP contribution in [-0.2, 0) is 0 Å². The molecule has 1 aliphatic heterocycles. The molecule has 3 N–H and O–H groups in total. The Balaban J connectivity index is 1.75. The second-order valence-electron chi connectivity index (χ2n) is 7.06. The maximum Gasteiger partial charge on any atom is 0.125 e. The summed E-state index contributed by atoms with van der Waals surface area (Å²) in [5.74, 6) is 1.90. The van der Waals surface area contributed by atoms with E-state index in [0.29, 0.717) is 6.61 Å². The minimum absolute atomic E-state index is 0.177. The number of methoxy groups -OCH3 is 1. The molecule has 0 aliphatic carbocycles. The van der Waals surface area contributed by atoms with Crippen molar-refractivity contribution in [2.75, 3.05) is 13.7 Å². The maximum atomic E-state index is 10.5. The number of ether oxygens (including phenoxy) is 2. The third-order valence-corrected chi connectivity index (χ3v) is 5.18. The molecule has 0 spiro atoms. The fraction of sp³-hybridized carbons (Fsp3) is 0.200. The lowest BCUT2D eigenvalue weighted by molar-refractivity contribution is 0.325. The molecule has 0 aromatic heterocycles. The minimum Gasteiger partial charge on any atom is -0.508 e. The standard InChI is InChI=1S/C25H26N2O3/c1-3-30-24-11-7-5-9-20(24)25-26-21(17-12-14-18(29-2)15-13-17)16-22(27-25)19-8-4-6-10-23(19)28/h4-16,22,25-28H,3H2,1-2H3. The molecular formula is C25H26N2O3. The predicted octanol–water partition coefficient (Wildman–Crippen LogP) is 4.77. The molecule has 154 valence electrons. The first kappa shape index (κ1) is 19.9. The van der Waals surface area contributed by atoms with Crippen molar-refractivity contribution >= 4 is 5.70 Å². The summed E-state index contributed by atoms with van der Waals surface area (Å²) in [6.07, 6.45) is 1.90. The van der Waals surface area contributed by atoms with Gasteiger partial charge in [0.05, 0.1) is 19.8 Å². The fourth-order valence-electron chi connectivity index (χ4n) is 3.69. The van der Waals surface area contributed by atoms with Crippen LogP contribution in [0.3, 0.4) is 0 Å². The molecule has 5 heteroatoms. The number of aromatic hydroxyl groups is 1. The molecule has 4 rings (SSSR count). The molecule has 30 heavy (non-hydrogen) atoms. The van der Waals surface area contributed by atoms with Crippen LogP contribution < -0.4 is 20.1 Å². The summed E-state index contributed by atoms with van der Waals surface area (Å²) in [5.41, 5.74) is 3.85. The van der Waals surface area contributed by atoms with E-state index in [4.69, 9.17) is 9.47 Å². The molecule has 3 aromatic carbocycles. The zero-order chi connectivity index (χ0) is 20.9. The van der Waals surface area contributed by atoms with Crippen molar-refractivity contribution in [1.29, 1.82) is 0 Å². The van der Waals surface area contributed by atoms with E-state index in [1.54, 1.807) is 13.2 Å². The van der Waals surface area contributed by atoms with Crippen LogP contribution in [-0.4, -0.2) is 18.8 Å². The predicted molar refractivity (Wildman–Crippen MR) is 118 cm³/mol. The second-order valence-corrected chi connectivity index (χ2v) is 7.06. The van der Waals surface area contributed by atoms with Gasteiger partial charge in [-0.15, -0.1) is 0 Å². The Hall–Kier alpha value is -3.44. The van der Waals surface area contributed by atoms with Crippen molar-refractivity contribution in [2.24, 2.45) is 0 Å². The van der Waals surface area contributed by atoms with Crippen molar-refractivity contribution in [3.63, 3.8) is 0 Å². The number of rotatable bonds is 6. The Labute approximate surface area is 177 Å². The van der Waals surface area contributed by atoms with E-state index in [-0.39, 0.29) is 18.0 Å². The molecule has 0 bridgehead atoms. The van der Waals surface area contributed by atoms with E-state index in [9.17, 15) is 5.11 Å². The molecule has 2 atom stereocenters. The zero-order valence-electron chi connectivity index (χ0n) is 17.1.